The minimum atomic E-state index is -4.39. The maximum absolute atomic E-state index is 12.8. The fraction of sp³-hybridized carbons (Fsp3) is 0.333. The number of benzene rings is 4. The van der Waals surface area contributed by atoms with Crippen molar-refractivity contribution in [2.75, 3.05) is 26.4 Å². The molecule has 6 aromatic rings. The van der Waals surface area contributed by atoms with E-state index in [2.05, 4.69) is 10.2 Å². The molecule has 4 aromatic carbocycles. The Morgan fingerprint density at radius 1 is 0.522 bits per heavy atom. The van der Waals surface area contributed by atoms with Crippen LogP contribution >= 0.6 is 0 Å². The molecule has 0 saturated heterocycles. The number of carboxylic acid groups (broad SMARTS) is 2. The average Bonchev–Trinajstić information content (AvgIpc) is 3.87. The van der Waals surface area contributed by atoms with Gasteiger partial charge in [0.2, 0.25) is 11.8 Å². The molecule has 352 valence electrons. The second kappa shape index (κ2) is 26.0. The molecular weight excluding hydrogens is 915 g/mol. The van der Waals surface area contributed by atoms with Gasteiger partial charge in [-0.1, -0.05) is 36.4 Å². The minimum Gasteiger partial charge on any atom is -0.550 e. The van der Waals surface area contributed by atoms with Gasteiger partial charge in [0.15, 0.2) is 0 Å². The predicted octanol–water partition coefficient (Wildman–Crippen LogP) is 7.59. The van der Waals surface area contributed by atoms with Crippen LogP contribution in [-0.2, 0) is 47.6 Å². The maximum Gasteiger partial charge on any atom is 2.00 e. The zero-order chi connectivity index (χ0) is 47.7. The van der Waals surface area contributed by atoms with E-state index < -0.39 is 35.4 Å². The van der Waals surface area contributed by atoms with Gasteiger partial charge >= 0.3 is 50.1 Å². The molecule has 0 unspecified atom stereocenters. The molecular formula is C48H48CaF6N4O8. The van der Waals surface area contributed by atoms with Crippen LogP contribution in [-0.4, -0.2) is 95.7 Å². The Morgan fingerprint density at radius 2 is 0.881 bits per heavy atom. The molecule has 2 heterocycles. The molecule has 19 heteroatoms. The predicted molar refractivity (Wildman–Crippen MR) is 232 cm³/mol. The first-order valence-electron chi connectivity index (χ1n) is 21.1. The molecule has 6 rings (SSSR count). The summed E-state index contributed by atoms with van der Waals surface area (Å²) in [6.45, 7) is 5.30. The van der Waals surface area contributed by atoms with E-state index in [1.165, 1.54) is 33.6 Å². The van der Waals surface area contributed by atoms with Crippen molar-refractivity contribution >= 4 is 49.7 Å². The number of aliphatic carboxylic acids is 2. The summed E-state index contributed by atoms with van der Waals surface area (Å²) in [7, 11) is 0. The number of aromatic nitrogens is 4. The van der Waals surface area contributed by atoms with Crippen LogP contribution in [0.1, 0.15) is 72.9 Å². The largest absolute Gasteiger partial charge is 2.00 e. The SMILES string of the molecule is CCOc1nn(-c2ccc(C(F)(F)F)cc2)cc1CCCCOc1ccccc1CC(=O)[O-].CCOc1nn(-c2ccc(C(F)(F)F)cc2)cc1CCCCOc1ccccc1CC(=O)[O-].[Ca+2]. The van der Waals surface area contributed by atoms with Gasteiger partial charge in [-0.25, -0.2) is 9.36 Å². The van der Waals surface area contributed by atoms with Crippen LogP contribution in [0, 0.1) is 0 Å². The molecule has 67 heavy (non-hydrogen) atoms. The Hall–Kier alpha value is -5.72. The molecule has 12 nitrogen and oxygen atoms in total. The molecule has 0 bridgehead atoms. The molecule has 0 N–H and O–H groups in total. The number of para-hydroxylation sites is 2. The van der Waals surface area contributed by atoms with Gasteiger partial charge in [0, 0.05) is 48.3 Å². The van der Waals surface area contributed by atoms with Crippen LogP contribution < -0.4 is 29.2 Å². The molecule has 0 fully saturated rings. The van der Waals surface area contributed by atoms with Crippen LogP contribution in [0.2, 0.25) is 0 Å². The van der Waals surface area contributed by atoms with E-state index in [0.29, 0.717) is 97.9 Å². The number of hydrogen-bond acceptors (Lipinski definition) is 10. The normalized spacial score (nSPS) is 11.2. The van der Waals surface area contributed by atoms with Crippen LogP contribution in [0.15, 0.2) is 109 Å². The molecule has 0 atom stereocenters. The van der Waals surface area contributed by atoms with Gasteiger partial charge in [0.05, 0.1) is 48.9 Å². The van der Waals surface area contributed by atoms with Crippen LogP contribution in [0.25, 0.3) is 11.4 Å². The van der Waals surface area contributed by atoms with E-state index >= 15 is 0 Å². The third-order valence-electron chi connectivity index (χ3n) is 9.79. The second-order valence-electron chi connectivity index (χ2n) is 14.7. The molecule has 2 aromatic heterocycles. The smallest absolute Gasteiger partial charge is 0.550 e. The van der Waals surface area contributed by atoms with Gasteiger partial charge in [-0.2, -0.15) is 26.3 Å². The quantitative estimate of drug-likeness (QED) is 0.0378. The number of ether oxygens (including phenoxy) is 4. The topological polar surface area (TPSA) is 153 Å². The fourth-order valence-corrected chi connectivity index (χ4v) is 6.61. The summed E-state index contributed by atoms with van der Waals surface area (Å²) in [6, 6.07) is 23.4. The number of alkyl halides is 6. The van der Waals surface area contributed by atoms with Crippen molar-refractivity contribution in [3.8, 4) is 34.6 Å². The van der Waals surface area contributed by atoms with Crippen LogP contribution in [0.5, 0.6) is 23.3 Å². The standard InChI is InChI=1S/2C24H25F3N2O4.Ca/c2*1-2-32-23-18(16-29(28-23)20-12-10-19(11-13-20)24(25,26)27)8-5-6-14-33-21-9-4-3-7-17(21)15-22(30)31;/h2*3-4,7,9-13,16H,2,5-6,8,14-15H2,1H3,(H,30,31);/q;;+2/p-2. The van der Waals surface area contributed by atoms with E-state index in [1.807, 2.05) is 13.8 Å². The summed E-state index contributed by atoms with van der Waals surface area (Å²) in [4.78, 5) is 21.7. The third kappa shape index (κ3) is 16.8. The first-order chi connectivity index (χ1) is 31.5. The third-order valence-corrected chi connectivity index (χ3v) is 9.79. The number of aryl methyl sites for hydroxylation is 2. The van der Waals surface area contributed by atoms with E-state index in [0.717, 1.165) is 48.2 Å². The van der Waals surface area contributed by atoms with Gasteiger partial charge in [-0.15, -0.1) is 10.2 Å². The number of unbranched alkanes of at least 4 members (excludes halogenated alkanes) is 2. The molecule has 0 radical (unpaired) electrons. The van der Waals surface area contributed by atoms with Crippen molar-refractivity contribution in [3.05, 3.63) is 143 Å². The van der Waals surface area contributed by atoms with Crippen molar-refractivity contribution in [2.45, 2.75) is 77.6 Å². The number of rotatable bonds is 22. The van der Waals surface area contributed by atoms with Gasteiger partial charge in [-0.05, 0) is 124 Å². The number of nitrogens with zero attached hydrogens (tertiary/aromatic N) is 4. The summed E-state index contributed by atoms with van der Waals surface area (Å²) < 4.78 is 102. The van der Waals surface area contributed by atoms with E-state index in [9.17, 15) is 46.1 Å². The Morgan fingerprint density at radius 3 is 1.21 bits per heavy atom. The zero-order valence-electron chi connectivity index (χ0n) is 36.9. The number of hydrogen-bond donors (Lipinski definition) is 0. The Labute approximate surface area is 413 Å². The van der Waals surface area contributed by atoms with Crippen molar-refractivity contribution in [3.63, 3.8) is 0 Å². The van der Waals surface area contributed by atoms with E-state index in [1.54, 1.807) is 60.9 Å². The summed E-state index contributed by atoms with van der Waals surface area (Å²) in [5.74, 6) is -0.409. The van der Waals surface area contributed by atoms with Crippen molar-refractivity contribution in [2.24, 2.45) is 0 Å². The summed E-state index contributed by atoms with van der Waals surface area (Å²) in [5.41, 5.74) is 2.38. The number of carboxylic acids is 2. The summed E-state index contributed by atoms with van der Waals surface area (Å²) >= 11 is 0. The molecule has 0 spiro atoms. The molecule has 0 aliphatic rings. The van der Waals surface area contributed by atoms with E-state index in [4.69, 9.17) is 18.9 Å². The van der Waals surface area contributed by atoms with Gasteiger partial charge in [0.25, 0.3) is 0 Å². The maximum atomic E-state index is 12.8. The van der Waals surface area contributed by atoms with Gasteiger partial charge < -0.3 is 38.7 Å². The zero-order valence-corrected chi connectivity index (χ0v) is 39.1. The van der Waals surface area contributed by atoms with Crippen LogP contribution in [0.3, 0.4) is 0 Å². The average molecular weight is 963 g/mol. The Bertz CT molecular complexity index is 2300. The molecule has 0 aliphatic heterocycles. The number of carbonyl (C=O) groups is 2. The van der Waals surface area contributed by atoms with Crippen molar-refractivity contribution in [1.82, 2.24) is 19.6 Å². The first kappa shape index (κ1) is 53.9. The van der Waals surface area contributed by atoms with Crippen molar-refractivity contribution in [1.29, 1.82) is 0 Å². The van der Waals surface area contributed by atoms with Gasteiger partial charge in [0.1, 0.15) is 11.5 Å². The molecule has 0 aliphatic carbocycles. The Balaban J connectivity index is 0.000000288. The minimum absolute atomic E-state index is 0. The van der Waals surface area contributed by atoms with Crippen molar-refractivity contribution < 1.29 is 65.1 Å². The Kier molecular flexibility index (Phi) is 20.9. The van der Waals surface area contributed by atoms with E-state index in [-0.39, 0.29) is 50.6 Å². The fourth-order valence-electron chi connectivity index (χ4n) is 6.61. The monoisotopic (exact) mass is 962 g/mol. The first-order valence-corrected chi connectivity index (χ1v) is 21.1. The molecule has 0 saturated carbocycles. The van der Waals surface area contributed by atoms with Gasteiger partial charge in [-0.3, -0.25) is 0 Å². The molecule has 0 amide bonds. The van der Waals surface area contributed by atoms with Crippen LogP contribution in [0.4, 0.5) is 26.3 Å². The number of carbonyl (C=O) groups excluding carboxylic acids is 2. The summed E-state index contributed by atoms with van der Waals surface area (Å²) in [5, 5.41) is 30.5. The second-order valence-corrected chi connectivity index (χ2v) is 14.7. The number of halogens is 6. The summed E-state index contributed by atoms with van der Waals surface area (Å²) in [6.07, 6.45) is -1.51.